The van der Waals surface area contributed by atoms with E-state index >= 15 is 0 Å². The molecule has 144 valence electrons. The molecule has 1 unspecified atom stereocenters. The van der Waals surface area contributed by atoms with E-state index in [-0.39, 0.29) is 35.7 Å². The first-order chi connectivity index (χ1) is 13.0. The topological polar surface area (TPSA) is 95.9 Å². The molecule has 1 aromatic carbocycles. The molecule has 27 heavy (non-hydrogen) atoms. The second-order valence-corrected chi connectivity index (χ2v) is 7.92. The molecule has 0 aromatic heterocycles. The van der Waals surface area contributed by atoms with Gasteiger partial charge in [-0.25, -0.2) is 0 Å². The molecule has 1 heterocycles. The summed E-state index contributed by atoms with van der Waals surface area (Å²) in [6, 6.07) is 7.06. The van der Waals surface area contributed by atoms with E-state index in [1.165, 1.54) is 0 Å². The van der Waals surface area contributed by atoms with Crippen molar-refractivity contribution in [2.45, 2.75) is 32.1 Å². The third-order valence-electron chi connectivity index (χ3n) is 6.01. The molecule has 2 saturated carbocycles. The third-order valence-corrected chi connectivity index (χ3v) is 6.01. The number of hydrogen-bond donors (Lipinski definition) is 2. The Balaban J connectivity index is 1.25. The number of carboxylic acid groups (broad SMARTS) is 1. The van der Waals surface area contributed by atoms with Crippen LogP contribution >= 0.6 is 0 Å². The van der Waals surface area contributed by atoms with E-state index in [9.17, 15) is 14.4 Å². The number of piperidine rings is 1. The van der Waals surface area contributed by atoms with Crippen LogP contribution in [0.5, 0.6) is 5.75 Å². The van der Waals surface area contributed by atoms with Crippen LogP contribution in [0.4, 0.5) is 5.69 Å². The zero-order chi connectivity index (χ0) is 19.0. The van der Waals surface area contributed by atoms with Crippen molar-refractivity contribution in [3.8, 4) is 5.75 Å². The van der Waals surface area contributed by atoms with Crippen LogP contribution in [-0.2, 0) is 14.4 Å². The minimum Gasteiger partial charge on any atom is -0.484 e. The fourth-order valence-electron chi connectivity index (χ4n) is 3.94. The number of carbonyl (C=O) groups excluding carboxylic acids is 2. The predicted octanol–water partition coefficient (Wildman–Crippen LogP) is 2.13. The average molecular weight is 372 g/mol. The van der Waals surface area contributed by atoms with E-state index < -0.39 is 5.97 Å². The maximum absolute atomic E-state index is 12.4. The summed E-state index contributed by atoms with van der Waals surface area (Å²) in [7, 11) is 0. The van der Waals surface area contributed by atoms with Crippen LogP contribution in [0.1, 0.15) is 32.1 Å². The van der Waals surface area contributed by atoms with E-state index in [0.717, 1.165) is 32.1 Å². The van der Waals surface area contributed by atoms with Gasteiger partial charge in [0.1, 0.15) is 5.75 Å². The van der Waals surface area contributed by atoms with Gasteiger partial charge in [-0.1, -0.05) is 6.07 Å². The number of ether oxygens (including phenoxy) is 1. The Labute approximate surface area is 157 Å². The van der Waals surface area contributed by atoms with Gasteiger partial charge in [0, 0.05) is 30.8 Å². The number of anilines is 1. The van der Waals surface area contributed by atoms with Gasteiger partial charge in [0.15, 0.2) is 6.61 Å². The molecular weight excluding hydrogens is 348 g/mol. The Morgan fingerprint density at radius 1 is 1.22 bits per heavy atom. The normalized spacial score (nSPS) is 23.0. The van der Waals surface area contributed by atoms with Gasteiger partial charge < -0.3 is 20.1 Å². The van der Waals surface area contributed by atoms with Crippen molar-refractivity contribution >= 4 is 23.5 Å². The summed E-state index contributed by atoms with van der Waals surface area (Å²) in [6.45, 7) is 1.11. The van der Waals surface area contributed by atoms with Crippen molar-refractivity contribution in [1.29, 1.82) is 0 Å². The molecule has 1 atom stereocenters. The van der Waals surface area contributed by atoms with Gasteiger partial charge in [-0.05, 0) is 49.7 Å². The molecule has 3 aliphatic rings. The molecule has 7 heteroatoms. The SMILES string of the molecule is O=C(Nc1cccc(OCC(=O)N2CCC3(CC2)CC3C(=O)O)c1)C1CC1. The van der Waals surface area contributed by atoms with Crippen molar-refractivity contribution in [2.75, 3.05) is 25.0 Å². The Morgan fingerprint density at radius 3 is 2.59 bits per heavy atom. The van der Waals surface area contributed by atoms with Gasteiger partial charge in [-0.2, -0.15) is 0 Å². The van der Waals surface area contributed by atoms with Gasteiger partial charge in [0.05, 0.1) is 5.92 Å². The number of carbonyl (C=O) groups is 3. The summed E-state index contributed by atoms with van der Waals surface area (Å²) >= 11 is 0. The van der Waals surface area contributed by atoms with Crippen molar-refractivity contribution in [3.63, 3.8) is 0 Å². The van der Waals surface area contributed by atoms with Crippen molar-refractivity contribution in [3.05, 3.63) is 24.3 Å². The molecule has 2 amide bonds. The van der Waals surface area contributed by atoms with Gasteiger partial charge in [0.2, 0.25) is 5.91 Å². The zero-order valence-electron chi connectivity index (χ0n) is 15.1. The Bertz CT molecular complexity index is 765. The van der Waals surface area contributed by atoms with E-state index in [4.69, 9.17) is 9.84 Å². The van der Waals surface area contributed by atoms with Crippen LogP contribution in [-0.4, -0.2) is 47.5 Å². The summed E-state index contributed by atoms with van der Waals surface area (Å²) < 4.78 is 5.61. The number of hydrogen-bond acceptors (Lipinski definition) is 4. The lowest BCUT2D eigenvalue weighted by molar-refractivity contribution is -0.140. The van der Waals surface area contributed by atoms with Crippen molar-refractivity contribution in [1.82, 2.24) is 4.90 Å². The first kappa shape index (κ1) is 17.8. The summed E-state index contributed by atoms with van der Waals surface area (Å²) in [5.74, 6) is -0.342. The molecule has 3 fully saturated rings. The maximum Gasteiger partial charge on any atom is 0.307 e. The first-order valence-electron chi connectivity index (χ1n) is 9.51. The molecule has 2 N–H and O–H groups in total. The van der Waals surface area contributed by atoms with Gasteiger partial charge >= 0.3 is 5.97 Å². The summed E-state index contributed by atoms with van der Waals surface area (Å²) in [5, 5.41) is 12.0. The lowest BCUT2D eigenvalue weighted by atomic mass is 9.91. The molecule has 2 aliphatic carbocycles. The van der Waals surface area contributed by atoms with Crippen LogP contribution in [0.25, 0.3) is 0 Å². The monoisotopic (exact) mass is 372 g/mol. The molecule has 1 saturated heterocycles. The van der Waals surface area contributed by atoms with Crippen LogP contribution in [0.3, 0.4) is 0 Å². The third kappa shape index (κ3) is 3.91. The van der Waals surface area contributed by atoms with Gasteiger partial charge in [0.25, 0.3) is 5.91 Å². The van der Waals surface area contributed by atoms with E-state index in [2.05, 4.69) is 5.32 Å². The fourth-order valence-corrected chi connectivity index (χ4v) is 3.94. The highest BCUT2D eigenvalue weighted by Gasteiger charge is 2.59. The van der Waals surface area contributed by atoms with Crippen LogP contribution in [0.15, 0.2) is 24.3 Å². The fraction of sp³-hybridized carbons (Fsp3) is 0.550. The summed E-state index contributed by atoms with van der Waals surface area (Å²) in [5.41, 5.74) is 0.586. The van der Waals surface area contributed by atoms with Crippen molar-refractivity contribution < 1.29 is 24.2 Å². The lowest BCUT2D eigenvalue weighted by Crippen LogP contribution is -2.42. The molecular formula is C20H24N2O5. The quantitative estimate of drug-likeness (QED) is 0.797. The molecule has 0 radical (unpaired) electrons. The van der Waals surface area contributed by atoms with Crippen LogP contribution in [0.2, 0.25) is 0 Å². The van der Waals surface area contributed by atoms with Gasteiger partial charge in [-0.3, -0.25) is 14.4 Å². The number of likely N-dealkylation sites (tertiary alicyclic amines) is 1. The lowest BCUT2D eigenvalue weighted by Gasteiger charge is -2.32. The van der Waals surface area contributed by atoms with E-state index in [0.29, 0.717) is 24.5 Å². The highest BCUT2D eigenvalue weighted by Crippen LogP contribution is 2.59. The summed E-state index contributed by atoms with van der Waals surface area (Å²) in [4.78, 5) is 37.1. The van der Waals surface area contributed by atoms with Crippen LogP contribution < -0.4 is 10.1 Å². The number of amides is 2. The number of nitrogens with zero attached hydrogens (tertiary/aromatic N) is 1. The Kier molecular flexibility index (Phi) is 4.53. The average Bonchev–Trinajstić information content (AvgIpc) is 3.56. The molecule has 1 aromatic rings. The predicted molar refractivity (Wildman–Crippen MR) is 97.3 cm³/mol. The van der Waals surface area contributed by atoms with E-state index in [1.807, 2.05) is 0 Å². The van der Waals surface area contributed by atoms with Crippen LogP contribution in [0, 0.1) is 17.3 Å². The highest BCUT2D eigenvalue weighted by atomic mass is 16.5. The second kappa shape index (κ2) is 6.87. The first-order valence-corrected chi connectivity index (χ1v) is 9.51. The number of carboxylic acids is 1. The second-order valence-electron chi connectivity index (χ2n) is 7.92. The standard InChI is InChI=1S/C20H24N2O5/c23-17(22-8-6-20(7-9-22)11-16(20)19(25)26)12-27-15-3-1-2-14(10-15)21-18(24)13-4-5-13/h1-3,10,13,16H,4-9,11-12H2,(H,21,24)(H,25,26). The molecule has 7 nitrogen and oxygen atoms in total. The maximum atomic E-state index is 12.4. The number of aliphatic carboxylic acids is 1. The zero-order valence-corrected chi connectivity index (χ0v) is 15.1. The number of rotatable bonds is 6. The Hall–Kier alpha value is -2.57. The van der Waals surface area contributed by atoms with Gasteiger partial charge in [-0.15, -0.1) is 0 Å². The summed E-state index contributed by atoms with van der Waals surface area (Å²) in [6.07, 6.45) is 4.12. The molecule has 0 bridgehead atoms. The number of nitrogens with one attached hydrogen (secondary N) is 1. The molecule has 4 rings (SSSR count). The van der Waals surface area contributed by atoms with Crippen molar-refractivity contribution in [2.24, 2.45) is 17.3 Å². The Morgan fingerprint density at radius 2 is 1.96 bits per heavy atom. The molecule has 1 spiro atoms. The number of benzene rings is 1. The largest absolute Gasteiger partial charge is 0.484 e. The smallest absolute Gasteiger partial charge is 0.307 e. The highest BCUT2D eigenvalue weighted by molar-refractivity contribution is 5.94. The molecule has 1 aliphatic heterocycles. The minimum absolute atomic E-state index is 0.0326. The van der Waals surface area contributed by atoms with E-state index in [1.54, 1.807) is 29.2 Å². The minimum atomic E-state index is -0.716.